The van der Waals surface area contributed by atoms with Crippen molar-refractivity contribution in [2.24, 2.45) is 0 Å². The van der Waals surface area contributed by atoms with Crippen LogP contribution in [0.5, 0.6) is 5.75 Å². The average molecular weight is 329 g/mol. The molecule has 0 bridgehead atoms. The second-order valence-corrected chi connectivity index (χ2v) is 8.27. The van der Waals surface area contributed by atoms with Crippen LogP contribution in [0.1, 0.15) is 20.3 Å². The van der Waals surface area contributed by atoms with Crippen LogP contribution in [-0.2, 0) is 14.6 Å². The molecular formula is C15H20FNO4S. The van der Waals surface area contributed by atoms with Crippen molar-refractivity contribution >= 4 is 15.7 Å². The van der Waals surface area contributed by atoms with Gasteiger partial charge in [-0.3, -0.25) is 4.79 Å². The molecule has 7 heteroatoms. The number of carbonyl (C=O) groups is 1. The summed E-state index contributed by atoms with van der Waals surface area (Å²) in [6, 6.07) is 5.08. The molecule has 1 aliphatic rings. The second kappa shape index (κ2) is 5.87. The van der Waals surface area contributed by atoms with E-state index in [-0.39, 0.29) is 29.3 Å². The number of sulfone groups is 1. The predicted molar refractivity (Wildman–Crippen MR) is 80.9 cm³/mol. The number of hydrogen-bond donors (Lipinski definition) is 0. The van der Waals surface area contributed by atoms with Gasteiger partial charge in [0.15, 0.2) is 15.4 Å². The minimum Gasteiger partial charge on any atom is -0.478 e. The van der Waals surface area contributed by atoms with Gasteiger partial charge in [-0.2, -0.15) is 0 Å². The number of halogens is 1. The molecule has 1 saturated heterocycles. The molecule has 2 rings (SSSR count). The molecule has 1 fully saturated rings. The van der Waals surface area contributed by atoms with Crippen molar-refractivity contribution in [1.82, 2.24) is 4.90 Å². The lowest BCUT2D eigenvalue weighted by Crippen LogP contribution is -2.51. The average Bonchev–Trinajstić information content (AvgIpc) is 2.80. The highest BCUT2D eigenvalue weighted by atomic mass is 32.2. The van der Waals surface area contributed by atoms with Crippen molar-refractivity contribution in [2.45, 2.75) is 31.9 Å². The van der Waals surface area contributed by atoms with Crippen LogP contribution >= 0.6 is 0 Å². The van der Waals surface area contributed by atoms with Gasteiger partial charge >= 0.3 is 0 Å². The Labute approximate surface area is 130 Å². The molecule has 22 heavy (non-hydrogen) atoms. The molecule has 0 saturated carbocycles. The second-order valence-electron chi connectivity index (χ2n) is 6.04. The molecule has 1 atom stereocenters. The summed E-state index contributed by atoms with van der Waals surface area (Å²) in [5.74, 6) is -0.216. The standard InChI is InChI=1S/C15H20FNO4S/c1-15(2,21-13-6-4-11(16)5-7-13)14(18)17(3)12-8-9-22(19,20)10-12/h4-7,12H,8-10H2,1-3H3/t12-/m0/s1. The molecular weight excluding hydrogens is 309 g/mol. The largest absolute Gasteiger partial charge is 0.478 e. The first-order valence-electron chi connectivity index (χ1n) is 7.03. The van der Waals surface area contributed by atoms with Crippen LogP contribution in [0.15, 0.2) is 24.3 Å². The molecule has 0 aliphatic carbocycles. The highest BCUT2D eigenvalue weighted by Crippen LogP contribution is 2.23. The Morgan fingerprint density at radius 1 is 1.32 bits per heavy atom. The molecule has 1 amide bonds. The summed E-state index contributed by atoms with van der Waals surface area (Å²) in [5.41, 5.74) is -1.17. The summed E-state index contributed by atoms with van der Waals surface area (Å²) in [6.07, 6.45) is 0.442. The van der Waals surface area contributed by atoms with E-state index in [0.29, 0.717) is 12.2 Å². The van der Waals surface area contributed by atoms with Gasteiger partial charge in [0, 0.05) is 13.1 Å². The summed E-state index contributed by atoms with van der Waals surface area (Å²) < 4.78 is 41.6. The van der Waals surface area contributed by atoms with Gasteiger partial charge in [0.25, 0.3) is 5.91 Å². The Morgan fingerprint density at radius 3 is 2.41 bits per heavy atom. The van der Waals surface area contributed by atoms with Crippen molar-refractivity contribution in [2.75, 3.05) is 18.6 Å². The summed E-state index contributed by atoms with van der Waals surface area (Å²) in [5, 5.41) is 0. The number of ether oxygens (including phenoxy) is 1. The van der Waals surface area contributed by atoms with Crippen LogP contribution in [0.2, 0.25) is 0 Å². The minimum absolute atomic E-state index is 0.0120. The number of hydrogen-bond acceptors (Lipinski definition) is 4. The van der Waals surface area contributed by atoms with E-state index in [2.05, 4.69) is 0 Å². The Morgan fingerprint density at radius 2 is 1.91 bits per heavy atom. The summed E-state index contributed by atoms with van der Waals surface area (Å²) in [4.78, 5) is 14.0. The van der Waals surface area contributed by atoms with Gasteiger partial charge in [0.1, 0.15) is 11.6 Å². The Hall–Kier alpha value is -1.63. The van der Waals surface area contributed by atoms with Crippen molar-refractivity contribution < 1.29 is 22.3 Å². The van der Waals surface area contributed by atoms with E-state index in [1.54, 1.807) is 20.9 Å². The maximum atomic E-state index is 12.9. The Kier molecular flexibility index (Phi) is 4.47. The van der Waals surface area contributed by atoms with Crippen LogP contribution in [0, 0.1) is 5.82 Å². The molecule has 1 aromatic rings. The summed E-state index contributed by atoms with van der Waals surface area (Å²) in [7, 11) is -1.47. The Bertz CT molecular complexity index is 655. The van der Waals surface area contributed by atoms with E-state index in [9.17, 15) is 17.6 Å². The fraction of sp³-hybridized carbons (Fsp3) is 0.533. The monoisotopic (exact) mass is 329 g/mol. The number of nitrogens with zero attached hydrogens (tertiary/aromatic N) is 1. The molecule has 0 N–H and O–H groups in total. The third-order valence-electron chi connectivity index (χ3n) is 3.78. The lowest BCUT2D eigenvalue weighted by atomic mass is 10.1. The normalized spacial score (nSPS) is 20.6. The van der Waals surface area contributed by atoms with E-state index in [1.807, 2.05) is 0 Å². The van der Waals surface area contributed by atoms with E-state index in [4.69, 9.17) is 4.74 Å². The van der Waals surface area contributed by atoms with Gasteiger partial charge in [-0.25, -0.2) is 12.8 Å². The first kappa shape index (κ1) is 16.7. The van der Waals surface area contributed by atoms with Gasteiger partial charge in [0.2, 0.25) is 0 Å². The maximum Gasteiger partial charge on any atom is 0.266 e. The van der Waals surface area contributed by atoms with Gasteiger partial charge in [-0.15, -0.1) is 0 Å². The first-order chi connectivity index (χ1) is 10.1. The fourth-order valence-corrected chi connectivity index (χ4v) is 4.29. The summed E-state index contributed by atoms with van der Waals surface area (Å²) in [6.45, 7) is 3.22. The van der Waals surface area contributed by atoms with Gasteiger partial charge in [0.05, 0.1) is 11.5 Å². The molecule has 1 heterocycles. The third kappa shape index (κ3) is 3.76. The number of rotatable bonds is 4. The topological polar surface area (TPSA) is 63.7 Å². The fourth-order valence-electron chi connectivity index (χ4n) is 2.51. The molecule has 1 aromatic carbocycles. The highest BCUT2D eigenvalue weighted by Gasteiger charge is 2.39. The lowest BCUT2D eigenvalue weighted by Gasteiger charge is -2.33. The SMILES string of the molecule is CN(C(=O)C(C)(C)Oc1ccc(F)cc1)[C@H]1CCS(=O)(=O)C1. The third-order valence-corrected chi connectivity index (χ3v) is 5.53. The van der Waals surface area contributed by atoms with Crippen LogP contribution in [0.25, 0.3) is 0 Å². The van der Waals surface area contributed by atoms with Crippen molar-refractivity contribution in [1.29, 1.82) is 0 Å². The van der Waals surface area contributed by atoms with Crippen molar-refractivity contribution in [3.8, 4) is 5.75 Å². The molecule has 122 valence electrons. The van der Waals surface area contributed by atoms with Crippen LogP contribution in [-0.4, -0.2) is 49.4 Å². The lowest BCUT2D eigenvalue weighted by molar-refractivity contribution is -0.145. The van der Waals surface area contributed by atoms with Crippen LogP contribution in [0.4, 0.5) is 4.39 Å². The zero-order valence-corrected chi connectivity index (χ0v) is 13.7. The van der Waals surface area contributed by atoms with Crippen LogP contribution < -0.4 is 4.74 Å². The van der Waals surface area contributed by atoms with Gasteiger partial charge in [-0.05, 0) is 44.5 Å². The summed E-state index contributed by atoms with van der Waals surface area (Å²) >= 11 is 0. The zero-order chi connectivity index (χ0) is 16.5. The number of carbonyl (C=O) groups excluding carboxylic acids is 1. The number of likely N-dealkylation sites (N-methyl/N-ethyl adjacent to an activating group) is 1. The van der Waals surface area contributed by atoms with Crippen molar-refractivity contribution in [3.63, 3.8) is 0 Å². The smallest absolute Gasteiger partial charge is 0.266 e. The molecule has 0 unspecified atom stereocenters. The first-order valence-corrected chi connectivity index (χ1v) is 8.85. The van der Waals surface area contributed by atoms with Crippen LogP contribution in [0.3, 0.4) is 0 Å². The maximum absolute atomic E-state index is 12.9. The van der Waals surface area contributed by atoms with E-state index >= 15 is 0 Å². The van der Waals surface area contributed by atoms with E-state index in [1.165, 1.54) is 29.2 Å². The molecule has 0 radical (unpaired) electrons. The minimum atomic E-state index is -3.06. The Balaban J connectivity index is 2.08. The van der Waals surface area contributed by atoms with Gasteiger partial charge in [-0.1, -0.05) is 0 Å². The molecule has 1 aliphatic heterocycles. The number of benzene rings is 1. The van der Waals surface area contributed by atoms with Crippen molar-refractivity contribution in [3.05, 3.63) is 30.1 Å². The number of amides is 1. The van der Waals surface area contributed by atoms with Gasteiger partial charge < -0.3 is 9.64 Å². The van der Waals surface area contributed by atoms with E-state index < -0.39 is 15.4 Å². The predicted octanol–water partition coefficient (Wildman–Crippen LogP) is 1.63. The molecule has 0 spiro atoms. The highest BCUT2D eigenvalue weighted by molar-refractivity contribution is 7.91. The van der Waals surface area contributed by atoms with E-state index in [0.717, 1.165) is 0 Å². The quantitative estimate of drug-likeness (QED) is 0.842. The molecule has 5 nitrogen and oxygen atoms in total. The molecule has 0 aromatic heterocycles. The zero-order valence-electron chi connectivity index (χ0n) is 12.9.